The fourth-order valence-electron chi connectivity index (χ4n) is 2.37. The molecule has 0 radical (unpaired) electrons. The van der Waals surface area contributed by atoms with Gasteiger partial charge >= 0.3 is 5.97 Å². The van der Waals surface area contributed by atoms with Gasteiger partial charge in [0.15, 0.2) is 0 Å². The van der Waals surface area contributed by atoms with Crippen molar-refractivity contribution in [3.63, 3.8) is 0 Å². The molecule has 1 heterocycles. The predicted octanol–water partition coefficient (Wildman–Crippen LogP) is 2.20. The number of aliphatic carboxylic acids is 1. The molecule has 0 amide bonds. The Kier molecular flexibility index (Phi) is 5.41. The minimum absolute atomic E-state index is 0. The molecule has 8 heteroatoms. The zero-order chi connectivity index (χ0) is 14.0. The largest absolute Gasteiger partial charge is 0.480 e. The van der Waals surface area contributed by atoms with Crippen LogP contribution >= 0.6 is 12.4 Å². The molecule has 20 heavy (non-hydrogen) atoms. The molecule has 0 bridgehead atoms. The minimum Gasteiger partial charge on any atom is -0.480 e. The molecule has 1 aromatic carbocycles. The van der Waals surface area contributed by atoms with Gasteiger partial charge in [0.25, 0.3) is 5.69 Å². The number of halogens is 2. The monoisotopic (exact) mass is 304 g/mol. The number of hydrogen-bond donors (Lipinski definition) is 1. The van der Waals surface area contributed by atoms with Gasteiger partial charge in [0.2, 0.25) is 0 Å². The van der Waals surface area contributed by atoms with Crippen LogP contribution in [0.1, 0.15) is 18.4 Å². The Morgan fingerprint density at radius 3 is 2.85 bits per heavy atom. The van der Waals surface area contributed by atoms with E-state index in [1.165, 1.54) is 12.1 Å². The van der Waals surface area contributed by atoms with Crippen molar-refractivity contribution in [2.45, 2.75) is 25.4 Å². The number of carbonyl (C=O) groups is 1. The summed E-state index contributed by atoms with van der Waals surface area (Å²) in [6.45, 7) is 0.447. The Bertz CT molecular complexity index is 526. The van der Waals surface area contributed by atoms with E-state index in [4.69, 9.17) is 5.11 Å². The molecule has 2 rings (SSSR count). The van der Waals surface area contributed by atoms with Crippen molar-refractivity contribution in [2.24, 2.45) is 0 Å². The molecule has 0 saturated carbocycles. The Morgan fingerprint density at radius 2 is 2.25 bits per heavy atom. The third-order valence-electron chi connectivity index (χ3n) is 3.30. The minimum atomic E-state index is -0.975. The second-order valence-corrected chi connectivity index (χ2v) is 4.46. The van der Waals surface area contributed by atoms with Gasteiger partial charge in [-0.05, 0) is 25.5 Å². The summed E-state index contributed by atoms with van der Waals surface area (Å²) in [4.78, 5) is 22.8. The van der Waals surface area contributed by atoms with E-state index in [1.807, 2.05) is 0 Å². The Morgan fingerprint density at radius 1 is 1.55 bits per heavy atom. The first-order valence-corrected chi connectivity index (χ1v) is 5.89. The van der Waals surface area contributed by atoms with Gasteiger partial charge in [0.05, 0.1) is 10.5 Å². The van der Waals surface area contributed by atoms with Gasteiger partial charge in [0.1, 0.15) is 11.9 Å². The lowest BCUT2D eigenvalue weighted by molar-refractivity contribution is -0.386. The van der Waals surface area contributed by atoms with Gasteiger partial charge in [-0.2, -0.15) is 0 Å². The maximum Gasteiger partial charge on any atom is 0.320 e. The number of likely N-dealkylation sites (tertiary alicyclic amines) is 1. The van der Waals surface area contributed by atoms with E-state index in [0.717, 1.165) is 6.07 Å². The van der Waals surface area contributed by atoms with Crippen molar-refractivity contribution in [1.82, 2.24) is 4.90 Å². The highest BCUT2D eigenvalue weighted by Gasteiger charge is 2.32. The molecule has 1 aliphatic rings. The highest BCUT2D eigenvalue weighted by atomic mass is 35.5. The van der Waals surface area contributed by atoms with E-state index in [0.29, 0.717) is 19.4 Å². The van der Waals surface area contributed by atoms with E-state index in [-0.39, 0.29) is 30.2 Å². The quantitative estimate of drug-likeness (QED) is 0.681. The van der Waals surface area contributed by atoms with E-state index in [2.05, 4.69) is 0 Å². The second-order valence-electron chi connectivity index (χ2n) is 4.46. The predicted molar refractivity (Wildman–Crippen MR) is 71.4 cm³/mol. The molecule has 1 saturated heterocycles. The van der Waals surface area contributed by atoms with Crippen molar-refractivity contribution in [2.75, 3.05) is 6.54 Å². The number of carboxylic acids is 1. The van der Waals surface area contributed by atoms with Gasteiger partial charge in [0, 0.05) is 12.6 Å². The van der Waals surface area contributed by atoms with Crippen molar-refractivity contribution in [3.05, 3.63) is 39.7 Å². The number of hydrogen-bond acceptors (Lipinski definition) is 4. The average molecular weight is 305 g/mol. The van der Waals surface area contributed by atoms with E-state index < -0.39 is 22.8 Å². The lowest BCUT2D eigenvalue weighted by atomic mass is 10.1. The van der Waals surface area contributed by atoms with Crippen LogP contribution in [0.3, 0.4) is 0 Å². The Hall–Kier alpha value is -1.73. The van der Waals surface area contributed by atoms with Crippen molar-refractivity contribution in [3.8, 4) is 0 Å². The molecule has 1 N–H and O–H groups in total. The molecular weight excluding hydrogens is 291 g/mol. The summed E-state index contributed by atoms with van der Waals surface area (Å²) in [6.07, 6.45) is 1.18. The smallest absolute Gasteiger partial charge is 0.320 e. The molecule has 110 valence electrons. The molecule has 0 aromatic heterocycles. The van der Waals surface area contributed by atoms with Crippen LogP contribution in [-0.4, -0.2) is 33.5 Å². The van der Waals surface area contributed by atoms with E-state index in [9.17, 15) is 19.3 Å². The molecule has 0 aliphatic carbocycles. The number of carboxylic acid groups (broad SMARTS) is 1. The molecule has 1 aromatic rings. The van der Waals surface area contributed by atoms with E-state index in [1.54, 1.807) is 4.90 Å². The maximum absolute atomic E-state index is 13.7. The molecule has 1 aliphatic heterocycles. The SMILES string of the molecule is Cl.O=C(O)C1CCCN1Cc1c(F)cccc1[N+](=O)[O-]. The first-order valence-electron chi connectivity index (χ1n) is 5.89. The highest BCUT2D eigenvalue weighted by Crippen LogP contribution is 2.27. The van der Waals surface area contributed by atoms with Crippen LogP contribution in [0.2, 0.25) is 0 Å². The van der Waals surface area contributed by atoms with Gasteiger partial charge in [-0.15, -0.1) is 12.4 Å². The summed E-state index contributed by atoms with van der Waals surface area (Å²) in [6, 6.07) is 2.95. The normalized spacial score (nSPS) is 18.6. The fourth-order valence-corrected chi connectivity index (χ4v) is 2.37. The van der Waals surface area contributed by atoms with Crippen LogP contribution in [0.15, 0.2) is 18.2 Å². The zero-order valence-corrected chi connectivity index (χ0v) is 11.3. The maximum atomic E-state index is 13.7. The summed E-state index contributed by atoms with van der Waals surface area (Å²) < 4.78 is 13.7. The van der Waals surface area contributed by atoms with Crippen LogP contribution in [0.5, 0.6) is 0 Å². The zero-order valence-electron chi connectivity index (χ0n) is 10.5. The first-order chi connectivity index (χ1) is 9.00. The topological polar surface area (TPSA) is 83.7 Å². The number of nitro groups is 1. The van der Waals surface area contributed by atoms with Crippen LogP contribution in [-0.2, 0) is 11.3 Å². The third kappa shape index (κ3) is 3.23. The molecule has 1 fully saturated rings. The lowest BCUT2D eigenvalue weighted by Gasteiger charge is -2.21. The van der Waals surface area contributed by atoms with Gasteiger partial charge in [-0.3, -0.25) is 19.8 Å². The van der Waals surface area contributed by atoms with Gasteiger partial charge in [-0.25, -0.2) is 4.39 Å². The Balaban J connectivity index is 0.00000200. The summed E-state index contributed by atoms with van der Waals surface area (Å²) in [5.41, 5.74) is -0.364. The number of benzene rings is 1. The summed E-state index contributed by atoms with van der Waals surface area (Å²) in [5, 5.41) is 19.9. The first kappa shape index (κ1) is 16.3. The molecule has 6 nitrogen and oxygen atoms in total. The number of nitro benzene ring substituents is 1. The Labute approximate surface area is 120 Å². The lowest BCUT2D eigenvalue weighted by Crippen LogP contribution is -2.35. The second kappa shape index (κ2) is 6.62. The highest BCUT2D eigenvalue weighted by molar-refractivity contribution is 5.85. The van der Waals surface area contributed by atoms with Gasteiger partial charge in [-0.1, -0.05) is 6.07 Å². The average Bonchev–Trinajstić information content (AvgIpc) is 2.79. The van der Waals surface area contributed by atoms with Crippen molar-refractivity contribution < 1.29 is 19.2 Å². The van der Waals surface area contributed by atoms with Crippen LogP contribution in [0.25, 0.3) is 0 Å². The van der Waals surface area contributed by atoms with Crippen molar-refractivity contribution in [1.29, 1.82) is 0 Å². The number of rotatable bonds is 4. The van der Waals surface area contributed by atoms with E-state index >= 15 is 0 Å². The summed E-state index contributed by atoms with van der Waals surface area (Å²) >= 11 is 0. The van der Waals surface area contributed by atoms with Crippen LogP contribution in [0, 0.1) is 15.9 Å². The third-order valence-corrected chi connectivity index (χ3v) is 3.30. The molecule has 1 atom stereocenters. The molecule has 1 unspecified atom stereocenters. The standard InChI is InChI=1S/C12H13FN2O4.ClH/c13-9-3-1-4-10(15(18)19)8(9)7-14-6-2-5-11(14)12(16)17;/h1,3-4,11H,2,5-7H2,(H,16,17);1H. The summed E-state index contributed by atoms with van der Waals surface area (Å²) in [7, 11) is 0. The van der Waals surface area contributed by atoms with Crippen LogP contribution in [0.4, 0.5) is 10.1 Å². The fraction of sp³-hybridized carbons (Fsp3) is 0.417. The summed E-state index contributed by atoms with van der Waals surface area (Å²) in [5.74, 6) is -1.65. The van der Waals surface area contributed by atoms with Gasteiger partial charge < -0.3 is 5.11 Å². The molecular formula is C12H14ClFN2O4. The van der Waals surface area contributed by atoms with Crippen LogP contribution < -0.4 is 0 Å². The molecule has 0 spiro atoms. The van der Waals surface area contributed by atoms with Crippen molar-refractivity contribution >= 4 is 24.1 Å². The number of nitrogens with zero attached hydrogens (tertiary/aromatic N) is 2.